The van der Waals surface area contributed by atoms with Crippen molar-refractivity contribution in [1.82, 2.24) is 14.9 Å². The second-order valence-corrected chi connectivity index (χ2v) is 5.63. The summed E-state index contributed by atoms with van der Waals surface area (Å²) < 4.78 is 2.90. The summed E-state index contributed by atoms with van der Waals surface area (Å²) >= 11 is 4.80. The number of carbonyl (C=O) groups excluding carboxylic acids is 1. The summed E-state index contributed by atoms with van der Waals surface area (Å²) in [5.41, 5.74) is 0. The number of amides is 1. The molecule has 0 fully saturated rings. The Balaban J connectivity index is 1.64. The summed E-state index contributed by atoms with van der Waals surface area (Å²) in [7, 11) is 0. The maximum atomic E-state index is 11.8. The Labute approximate surface area is 118 Å². The first-order valence-electron chi connectivity index (χ1n) is 5.74. The standard InChI is InChI=1S/C12H14BrN3OS/c13-10-3-8-18-11(10)12(17)15-4-1-2-6-16-7-5-14-9-16/h3,5,7-9H,1-2,4,6H2,(H,15,17). The number of hydrogen-bond donors (Lipinski definition) is 1. The van der Waals surface area contributed by atoms with Crippen molar-refractivity contribution in [1.29, 1.82) is 0 Å². The molecule has 0 saturated heterocycles. The van der Waals surface area contributed by atoms with Crippen LogP contribution in [0.1, 0.15) is 22.5 Å². The van der Waals surface area contributed by atoms with Gasteiger partial charge in [0, 0.05) is 30.0 Å². The number of nitrogens with zero attached hydrogens (tertiary/aromatic N) is 2. The molecule has 4 nitrogen and oxygen atoms in total. The fraction of sp³-hybridized carbons (Fsp3) is 0.333. The monoisotopic (exact) mass is 327 g/mol. The van der Waals surface area contributed by atoms with Crippen molar-refractivity contribution in [3.05, 3.63) is 39.5 Å². The van der Waals surface area contributed by atoms with Gasteiger partial charge in [0.2, 0.25) is 0 Å². The number of nitrogens with one attached hydrogen (secondary N) is 1. The van der Waals surface area contributed by atoms with E-state index in [1.807, 2.05) is 22.2 Å². The first-order valence-corrected chi connectivity index (χ1v) is 7.41. The summed E-state index contributed by atoms with van der Waals surface area (Å²) in [5, 5.41) is 4.82. The van der Waals surface area contributed by atoms with E-state index in [1.165, 1.54) is 11.3 Å². The smallest absolute Gasteiger partial charge is 0.262 e. The minimum atomic E-state index is -0.000458. The highest BCUT2D eigenvalue weighted by Gasteiger charge is 2.10. The maximum absolute atomic E-state index is 11.8. The van der Waals surface area contributed by atoms with Crippen LogP contribution in [0.2, 0.25) is 0 Å². The van der Waals surface area contributed by atoms with Gasteiger partial charge in [-0.3, -0.25) is 4.79 Å². The molecule has 18 heavy (non-hydrogen) atoms. The van der Waals surface area contributed by atoms with E-state index in [4.69, 9.17) is 0 Å². The Hall–Kier alpha value is -1.14. The van der Waals surface area contributed by atoms with E-state index in [-0.39, 0.29) is 5.91 Å². The number of imidazole rings is 1. The highest BCUT2D eigenvalue weighted by atomic mass is 79.9. The molecule has 0 saturated carbocycles. The predicted octanol–water partition coefficient (Wildman–Crippen LogP) is 2.92. The van der Waals surface area contributed by atoms with Crippen molar-refractivity contribution < 1.29 is 4.79 Å². The van der Waals surface area contributed by atoms with E-state index in [1.54, 1.807) is 12.5 Å². The molecule has 0 bridgehead atoms. The van der Waals surface area contributed by atoms with Crippen LogP contribution in [0.25, 0.3) is 0 Å². The van der Waals surface area contributed by atoms with Gasteiger partial charge in [-0.1, -0.05) is 0 Å². The van der Waals surface area contributed by atoms with E-state index in [2.05, 4.69) is 26.2 Å². The van der Waals surface area contributed by atoms with E-state index < -0.39 is 0 Å². The van der Waals surface area contributed by atoms with Crippen LogP contribution in [0.3, 0.4) is 0 Å². The van der Waals surface area contributed by atoms with Gasteiger partial charge in [-0.2, -0.15) is 0 Å². The van der Waals surface area contributed by atoms with Crippen LogP contribution in [0.5, 0.6) is 0 Å². The Morgan fingerprint density at radius 2 is 2.39 bits per heavy atom. The average Bonchev–Trinajstić information content (AvgIpc) is 2.99. The number of thiophene rings is 1. The van der Waals surface area contributed by atoms with E-state index in [0.717, 1.165) is 28.7 Å². The molecule has 0 radical (unpaired) electrons. The molecule has 6 heteroatoms. The lowest BCUT2D eigenvalue weighted by Gasteiger charge is -2.04. The van der Waals surface area contributed by atoms with Gasteiger partial charge in [0.25, 0.3) is 5.91 Å². The molecule has 0 aromatic carbocycles. The van der Waals surface area contributed by atoms with E-state index in [0.29, 0.717) is 6.54 Å². The van der Waals surface area contributed by atoms with Gasteiger partial charge < -0.3 is 9.88 Å². The molecular weight excluding hydrogens is 314 g/mol. The lowest BCUT2D eigenvalue weighted by atomic mass is 10.3. The van der Waals surface area contributed by atoms with Gasteiger partial charge >= 0.3 is 0 Å². The van der Waals surface area contributed by atoms with E-state index >= 15 is 0 Å². The highest BCUT2D eigenvalue weighted by Crippen LogP contribution is 2.22. The molecule has 2 rings (SSSR count). The molecule has 0 aliphatic rings. The summed E-state index contributed by atoms with van der Waals surface area (Å²) in [6, 6.07) is 1.89. The van der Waals surface area contributed by atoms with Crippen LogP contribution in [0.15, 0.2) is 34.6 Å². The number of unbranched alkanes of at least 4 members (excludes halogenated alkanes) is 1. The molecule has 2 heterocycles. The van der Waals surface area contributed by atoms with Gasteiger partial charge in [-0.25, -0.2) is 4.98 Å². The number of aromatic nitrogens is 2. The molecule has 96 valence electrons. The van der Waals surface area contributed by atoms with Gasteiger partial charge in [0.1, 0.15) is 4.88 Å². The van der Waals surface area contributed by atoms with Gasteiger partial charge in [-0.15, -0.1) is 11.3 Å². The number of halogens is 1. The Morgan fingerprint density at radius 1 is 1.50 bits per heavy atom. The quantitative estimate of drug-likeness (QED) is 0.829. The van der Waals surface area contributed by atoms with Crippen molar-refractivity contribution in [2.24, 2.45) is 0 Å². The molecule has 2 aromatic rings. The van der Waals surface area contributed by atoms with Gasteiger partial charge in [0.05, 0.1) is 6.33 Å². The average molecular weight is 328 g/mol. The first-order chi connectivity index (χ1) is 8.77. The van der Waals surface area contributed by atoms with Crippen molar-refractivity contribution in [2.75, 3.05) is 6.54 Å². The van der Waals surface area contributed by atoms with Crippen molar-refractivity contribution in [2.45, 2.75) is 19.4 Å². The summed E-state index contributed by atoms with van der Waals surface area (Å²) in [6.07, 6.45) is 7.52. The Morgan fingerprint density at radius 3 is 3.06 bits per heavy atom. The molecule has 0 unspecified atom stereocenters. The predicted molar refractivity (Wildman–Crippen MR) is 75.8 cm³/mol. The first kappa shape index (κ1) is 13.3. The van der Waals surface area contributed by atoms with Crippen LogP contribution in [-0.4, -0.2) is 22.0 Å². The third kappa shape index (κ3) is 3.68. The summed E-state index contributed by atoms with van der Waals surface area (Å²) in [4.78, 5) is 16.5. The fourth-order valence-electron chi connectivity index (χ4n) is 1.58. The van der Waals surface area contributed by atoms with Crippen LogP contribution in [0.4, 0.5) is 0 Å². The largest absolute Gasteiger partial charge is 0.351 e. The zero-order valence-electron chi connectivity index (χ0n) is 9.80. The Kier molecular flexibility index (Phi) is 4.95. The molecule has 1 N–H and O–H groups in total. The van der Waals surface area contributed by atoms with Crippen LogP contribution in [-0.2, 0) is 6.54 Å². The topological polar surface area (TPSA) is 46.9 Å². The third-order valence-corrected chi connectivity index (χ3v) is 4.35. The second kappa shape index (κ2) is 6.70. The summed E-state index contributed by atoms with van der Waals surface area (Å²) in [6.45, 7) is 1.65. The second-order valence-electron chi connectivity index (χ2n) is 3.86. The van der Waals surface area contributed by atoms with Gasteiger partial charge in [-0.05, 0) is 40.2 Å². The normalized spacial score (nSPS) is 10.5. The number of rotatable bonds is 6. The summed E-state index contributed by atoms with van der Waals surface area (Å²) in [5.74, 6) is -0.000458. The van der Waals surface area contributed by atoms with Crippen LogP contribution < -0.4 is 5.32 Å². The number of aryl methyl sites for hydroxylation is 1. The van der Waals surface area contributed by atoms with E-state index in [9.17, 15) is 4.79 Å². The number of carbonyl (C=O) groups is 1. The van der Waals surface area contributed by atoms with Crippen LogP contribution >= 0.6 is 27.3 Å². The minimum Gasteiger partial charge on any atom is -0.351 e. The van der Waals surface area contributed by atoms with Crippen molar-refractivity contribution in [3.63, 3.8) is 0 Å². The zero-order valence-corrected chi connectivity index (χ0v) is 12.2. The molecule has 0 spiro atoms. The maximum Gasteiger partial charge on any atom is 0.262 e. The van der Waals surface area contributed by atoms with Crippen LogP contribution in [0, 0.1) is 0 Å². The molecule has 1 amide bonds. The highest BCUT2D eigenvalue weighted by molar-refractivity contribution is 9.10. The lowest BCUT2D eigenvalue weighted by Crippen LogP contribution is -2.24. The lowest BCUT2D eigenvalue weighted by molar-refractivity contribution is 0.0956. The molecular formula is C12H14BrN3OS. The molecule has 0 atom stereocenters. The molecule has 2 aromatic heterocycles. The van der Waals surface area contributed by atoms with Crippen molar-refractivity contribution in [3.8, 4) is 0 Å². The minimum absolute atomic E-state index is 0.000458. The molecule has 0 aliphatic carbocycles. The third-order valence-electron chi connectivity index (χ3n) is 2.51. The SMILES string of the molecule is O=C(NCCCCn1ccnc1)c1sccc1Br. The fourth-order valence-corrected chi connectivity index (χ4v) is 3.04. The van der Waals surface area contributed by atoms with Crippen molar-refractivity contribution >= 4 is 33.2 Å². The number of hydrogen-bond acceptors (Lipinski definition) is 3. The zero-order chi connectivity index (χ0) is 12.8. The molecule has 0 aliphatic heterocycles. The van der Waals surface area contributed by atoms with Gasteiger partial charge in [0.15, 0.2) is 0 Å². The Bertz CT molecular complexity index is 495.